The monoisotopic (exact) mass is 228 g/mol. The molecule has 0 saturated heterocycles. The highest BCUT2D eigenvalue weighted by atomic mass is 16.1. The van der Waals surface area contributed by atoms with Gasteiger partial charge in [0.1, 0.15) is 0 Å². The number of carbonyl (C=O) groups excluding carboxylic acids is 1. The molecule has 3 rings (SSSR count). The maximum Gasteiger partial charge on any atom is 0.160 e. The number of rotatable bonds is 1. The molecule has 0 atom stereocenters. The third-order valence-corrected chi connectivity index (χ3v) is 4.37. The van der Waals surface area contributed by atoms with Gasteiger partial charge < -0.3 is 0 Å². The zero-order valence-corrected chi connectivity index (χ0v) is 10.6. The Labute approximate surface area is 103 Å². The van der Waals surface area contributed by atoms with Gasteiger partial charge in [-0.15, -0.1) is 0 Å². The van der Waals surface area contributed by atoms with Crippen LogP contribution in [0.4, 0.5) is 0 Å². The molecule has 0 heterocycles. The minimum atomic E-state index is 0.261. The molecule has 0 saturated carbocycles. The Kier molecular flexibility index (Phi) is 2.78. The fourth-order valence-corrected chi connectivity index (χ4v) is 3.54. The Hall–Kier alpha value is -1.11. The summed E-state index contributed by atoms with van der Waals surface area (Å²) < 4.78 is 0. The first-order valence-electron chi connectivity index (χ1n) is 6.95. The third-order valence-electron chi connectivity index (χ3n) is 4.37. The minimum absolute atomic E-state index is 0.261. The third kappa shape index (κ3) is 1.82. The zero-order chi connectivity index (χ0) is 11.8. The van der Waals surface area contributed by atoms with E-state index in [1.807, 2.05) is 0 Å². The average molecular weight is 228 g/mol. The first-order valence-corrected chi connectivity index (χ1v) is 6.95. The van der Waals surface area contributed by atoms with Crippen LogP contribution in [0.25, 0.3) is 0 Å². The lowest BCUT2D eigenvalue weighted by atomic mass is 9.78. The molecule has 0 spiro atoms. The van der Waals surface area contributed by atoms with Crippen molar-refractivity contribution < 1.29 is 4.79 Å². The Morgan fingerprint density at radius 1 is 0.882 bits per heavy atom. The fourth-order valence-electron chi connectivity index (χ4n) is 3.54. The molecule has 1 heteroatoms. The lowest BCUT2D eigenvalue weighted by molar-refractivity contribution is 0.101. The summed E-state index contributed by atoms with van der Waals surface area (Å²) in [5, 5.41) is 0. The molecule has 2 aliphatic carbocycles. The van der Waals surface area contributed by atoms with E-state index in [0.717, 1.165) is 12.0 Å². The predicted molar refractivity (Wildman–Crippen MR) is 69.7 cm³/mol. The summed E-state index contributed by atoms with van der Waals surface area (Å²) in [6.07, 6.45) is 9.95. The number of carbonyl (C=O) groups is 1. The molecule has 1 aromatic carbocycles. The second-order valence-electron chi connectivity index (χ2n) is 5.49. The van der Waals surface area contributed by atoms with E-state index in [2.05, 4.69) is 6.07 Å². The number of benzene rings is 1. The van der Waals surface area contributed by atoms with Crippen LogP contribution in [0.2, 0.25) is 0 Å². The first-order chi connectivity index (χ1) is 8.27. The molecule has 17 heavy (non-hydrogen) atoms. The molecule has 0 bridgehead atoms. The molecule has 0 amide bonds. The second kappa shape index (κ2) is 4.29. The maximum atomic E-state index is 11.8. The van der Waals surface area contributed by atoms with E-state index in [1.54, 1.807) is 18.1 Å². The Bertz CT molecular complexity index is 471. The molecular formula is C16H20O. The van der Waals surface area contributed by atoms with Crippen molar-refractivity contribution in [3.63, 3.8) is 0 Å². The lowest BCUT2D eigenvalue weighted by Crippen LogP contribution is -2.16. The summed E-state index contributed by atoms with van der Waals surface area (Å²) in [6.45, 7) is 1.72. The van der Waals surface area contributed by atoms with Crippen molar-refractivity contribution in [2.45, 2.75) is 58.3 Å². The molecule has 1 nitrogen and oxygen atoms in total. The number of ketones is 1. The number of hydrogen-bond acceptors (Lipinski definition) is 1. The highest BCUT2D eigenvalue weighted by molar-refractivity contribution is 5.96. The second-order valence-corrected chi connectivity index (χ2v) is 5.49. The van der Waals surface area contributed by atoms with Gasteiger partial charge in [-0.2, -0.15) is 0 Å². The zero-order valence-electron chi connectivity index (χ0n) is 10.6. The van der Waals surface area contributed by atoms with Crippen LogP contribution < -0.4 is 0 Å². The molecule has 0 fully saturated rings. The van der Waals surface area contributed by atoms with Crippen LogP contribution in [0, 0.1) is 0 Å². The lowest BCUT2D eigenvalue weighted by Gasteiger charge is -2.27. The minimum Gasteiger partial charge on any atom is -0.295 e. The predicted octanol–water partition coefficient (Wildman–Crippen LogP) is 3.65. The van der Waals surface area contributed by atoms with Gasteiger partial charge in [0.25, 0.3) is 0 Å². The van der Waals surface area contributed by atoms with Crippen molar-refractivity contribution in [1.29, 1.82) is 0 Å². The topological polar surface area (TPSA) is 17.1 Å². The van der Waals surface area contributed by atoms with Crippen LogP contribution in [0.5, 0.6) is 0 Å². The quantitative estimate of drug-likeness (QED) is 0.671. The summed E-state index contributed by atoms with van der Waals surface area (Å²) in [5.74, 6) is 0.261. The van der Waals surface area contributed by atoms with Gasteiger partial charge in [0.05, 0.1) is 0 Å². The van der Waals surface area contributed by atoms with E-state index in [4.69, 9.17) is 0 Å². The van der Waals surface area contributed by atoms with Crippen molar-refractivity contribution in [2.75, 3.05) is 0 Å². The molecule has 90 valence electrons. The van der Waals surface area contributed by atoms with E-state index < -0.39 is 0 Å². The summed E-state index contributed by atoms with van der Waals surface area (Å²) in [7, 11) is 0. The van der Waals surface area contributed by atoms with Crippen molar-refractivity contribution in [3.05, 3.63) is 33.9 Å². The smallest absolute Gasteiger partial charge is 0.160 e. The molecule has 1 aromatic rings. The Morgan fingerprint density at radius 2 is 1.47 bits per heavy atom. The fraction of sp³-hybridized carbons (Fsp3) is 0.562. The SMILES string of the molecule is CC(=O)c1cc2c(c3c1CCCC3)CCCC2. The average Bonchev–Trinajstić information content (AvgIpc) is 2.37. The van der Waals surface area contributed by atoms with Crippen LogP contribution >= 0.6 is 0 Å². The van der Waals surface area contributed by atoms with Crippen molar-refractivity contribution in [3.8, 4) is 0 Å². The maximum absolute atomic E-state index is 11.8. The van der Waals surface area contributed by atoms with E-state index in [9.17, 15) is 4.79 Å². The van der Waals surface area contributed by atoms with Crippen LogP contribution in [0.15, 0.2) is 6.07 Å². The van der Waals surface area contributed by atoms with Gasteiger partial charge in [-0.25, -0.2) is 0 Å². The van der Waals surface area contributed by atoms with E-state index >= 15 is 0 Å². The van der Waals surface area contributed by atoms with E-state index in [1.165, 1.54) is 56.1 Å². The van der Waals surface area contributed by atoms with Crippen LogP contribution in [-0.4, -0.2) is 5.78 Å². The van der Waals surface area contributed by atoms with Crippen molar-refractivity contribution >= 4 is 5.78 Å². The van der Waals surface area contributed by atoms with E-state index in [0.29, 0.717) is 0 Å². The van der Waals surface area contributed by atoms with Gasteiger partial charge in [-0.05, 0) is 86.6 Å². The standard InChI is InChI=1S/C16H20O/c1-11(17)16-10-12-6-2-3-7-13(12)14-8-4-5-9-15(14)16/h10H,2-9H2,1H3. The van der Waals surface area contributed by atoms with Gasteiger partial charge in [0, 0.05) is 5.56 Å². The van der Waals surface area contributed by atoms with Gasteiger partial charge in [0.15, 0.2) is 5.78 Å². The summed E-state index contributed by atoms with van der Waals surface area (Å²) in [4.78, 5) is 11.8. The normalized spacial score (nSPS) is 18.4. The van der Waals surface area contributed by atoms with Gasteiger partial charge >= 0.3 is 0 Å². The summed E-state index contributed by atoms with van der Waals surface area (Å²) in [6, 6.07) is 2.21. The highest BCUT2D eigenvalue weighted by Gasteiger charge is 2.23. The molecule has 0 radical (unpaired) electrons. The molecule has 2 aliphatic rings. The van der Waals surface area contributed by atoms with E-state index in [-0.39, 0.29) is 5.78 Å². The summed E-state index contributed by atoms with van der Waals surface area (Å²) >= 11 is 0. The van der Waals surface area contributed by atoms with Crippen LogP contribution in [0.1, 0.15) is 65.2 Å². The number of hydrogen-bond donors (Lipinski definition) is 0. The van der Waals surface area contributed by atoms with Crippen LogP contribution in [-0.2, 0) is 25.7 Å². The molecule has 0 N–H and O–H groups in total. The summed E-state index contributed by atoms with van der Waals surface area (Å²) in [5.41, 5.74) is 7.06. The largest absolute Gasteiger partial charge is 0.295 e. The molecular weight excluding hydrogens is 208 g/mol. The van der Waals surface area contributed by atoms with Crippen molar-refractivity contribution in [2.24, 2.45) is 0 Å². The molecule has 0 aromatic heterocycles. The van der Waals surface area contributed by atoms with Crippen molar-refractivity contribution in [1.82, 2.24) is 0 Å². The number of fused-ring (bicyclic) bond motifs is 3. The highest BCUT2D eigenvalue weighted by Crippen LogP contribution is 2.34. The molecule has 0 unspecified atom stereocenters. The van der Waals surface area contributed by atoms with Gasteiger partial charge in [0.2, 0.25) is 0 Å². The molecule has 0 aliphatic heterocycles. The van der Waals surface area contributed by atoms with Gasteiger partial charge in [-0.1, -0.05) is 0 Å². The Morgan fingerprint density at radius 3 is 2.18 bits per heavy atom. The number of aryl methyl sites for hydroxylation is 1. The number of Topliss-reactive ketones (excluding diaryl/α,β-unsaturated/α-hetero) is 1. The van der Waals surface area contributed by atoms with Gasteiger partial charge in [-0.3, -0.25) is 4.79 Å². The van der Waals surface area contributed by atoms with Crippen LogP contribution in [0.3, 0.4) is 0 Å². The Balaban J connectivity index is 2.21. The first kappa shape index (κ1) is 11.0.